The highest BCUT2D eigenvalue weighted by Crippen LogP contribution is 2.00. The highest BCUT2D eigenvalue weighted by Gasteiger charge is 2.21. The maximum absolute atomic E-state index is 11.2. The Balaban J connectivity index is 4.73. The van der Waals surface area contributed by atoms with E-state index in [1.165, 1.54) is 0 Å². The molecule has 0 saturated heterocycles. The Bertz CT molecular complexity index is 216. The molecule has 0 spiro atoms. The van der Waals surface area contributed by atoms with E-state index in [9.17, 15) is 9.59 Å². The number of rotatable bonds is 4. The summed E-state index contributed by atoms with van der Waals surface area (Å²) in [5.74, 6) is -0.911. The van der Waals surface area contributed by atoms with Crippen molar-refractivity contribution in [2.24, 2.45) is 5.73 Å². The lowest BCUT2D eigenvalue weighted by molar-refractivity contribution is -0.140. The third-order valence-electron chi connectivity index (χ3n) is 1.61. The number of imide groups is 1. The SMILES string of the molecule is C=CC(=O)N(C(=O)C=C)C(C)CN. The molecule has 4 heteroatoms. The van der Waals surface area contributed by atoms with Gasteiger partial charge in [-0.25, -0.2) is 0 Å². The summed E-state index contributed by atoms with van der Waals surface area (Å²) in [6.07, 6.45) is 2.15. The number of nitrogens with zero attached hydrogens (tertiary/aromatic N) is 1. The van der Waals surface area contributed by atoms with Gasteiger partial charge in [0.15, 0.2) is 0 Å². The van der Waals surface area contributed by atoms with Gasteiger partial charge in [-0.1, -0.05) is 13.2 Å². The van der Waals surface area contributed by atoms with Crippen LogP contribution in [0, 0.1) is 0 Å². The molecule has 0 radical (unpaired) electrons. The van der Waals surface area contributed by atoms with Crippen LogP contribution in [0.25, 0.3) is 0 Å². The molecule has 72 valence electrons. The van der Waals surface area contributed by atoms with Crippen LogP contribution < -0.4 is 5.73 Å². The number of hydrogen-bond acceptors (Lipinski definition) is 3. The summed E-state index contributed by atoms with van der Waals surface area (Å²) in [4.78, 5) is 23.4. The molecule has 13 heavy (non-hydrogen) atoms. The van der Waals surface area contributed by atoms with Crippen LogP contribution in [-0.4, -0.2) is 29.3 Å². The van der Waals surface area contributed by atoms with Crippen molar-refractivity contribution in [3.05, 3.63) is 25.3 Å². The number of hydrogen-bond donors (Lipinski definition) is 1. The van der Waals surface area contributed by atoms with Gasteiger partial charge in [-0.3, -0.25) is 14.5 Å². The van der Waals surface area contributed by atoms with E-state index in [1.54, 1.807) is 6.92 Å². The normalized spacial score (nSPS) is 11.5. The highest BCUT2D eigenvalue weighted by atomic mass is 16.2. The van der Waals surface area contributed by atoms with Crippen molar-refractivity contribution in [2.45, 2.75) is 13.0 Å². The molecule has 0 aliphatic rings. The topological polar surface area (TPSA) is 63.4 Å². The summed E-state index contributed by atoms with van der Waals surface area (Å²) in [7, 11) is 0. The predicted molar refractivity (Wildman–Crippen MR) is 50.8 cm³/mol. The van der Waals surface area contributed by atoms with Gasteiger partial charge in [0.1, 0.15) is 0 Å². The molecular formula is C9H14N2O2. The molecule has 0 aliphatic carbocycles. The largest absolute Gasteiger partial charge is 0.328 e. The van der Waals surface area contributed by atoms with E-state index >= 15 is 0 Å². The van der Waals surface area contributed by atoms with Crippen LogP contribution in [0.4, 0.5) is 0 Å². The summed E-state index contributed by atoms with van der Waals surface area (Å²) in [6, 6.07) is -0.337. The maximum atomic E-state index is 11.2. The van der Waals surface area contributed by atoms with E-state index in [4.69, 9.17) is 5.73 Å². The van der Waals surface area contributed by atoms with Crippen LogP contribution in [0.2, 0.25) is 0 Å². The van der Waals surface area contributed by atoms with Crippen molar-refractivity contribution in [1.29, 1.82) is 0 Å². The van der Waals surface area contributed by atoms with Gasteiger partial charge in [-0.05, 0) is 19.1 Å². The van der Waals surface area contributed by atoms with Gasteiger partial charge < -0.3 is 5.73 Å². The van der Waals surface area contributed by atoms with Gasteiger partial charge in [0.05, 0.1) is 0 Å². The van der Waals surface area contributed by atoms with Crippen LogP contribution >= 0.6 is 0 Å². The molecule has 2 amide bonds. The van der Waals surface area contributed by atoms with Crippen molar-refractivity contribution >= 4 is 11.8 Å². The number of amides is 2. The van der Waals surface area contributed by atoms with E-state index in [0.717, 1.165) is 17.1 Å². The molecule has 0 rings (SSSR count). The zero-order valence-electron chi connectivity index (χ0n) is 7.69. The summed E-state index contributed by atoms with van der Waals surface area (Å²) in [5.41, 5.74) is 5.34. The van der Waals surface area contributed by atoms with Gasteiger partial charge in [-0.15, -0.1) is 0 Å². The second-order valence-corrected chi connectivity index (χ2v) is 2.54. The molecule has 0 aromatic carbocycles. The Morgan fingerprint density at radius 2 is 1.77 bits per heavy atom. The summed E-state index contributed by atoms with van der Waals surface area (Å²) in [5, 5.41) is 0. The predicted octanol–water partition coefficient (Wildman–Crippen LogP) is 0.0608. The molecule has 0 aromatic rings. The molecule has 0 fully saturated rings. The highest BCUT2D eigenvalue weighted by molar-refractivity contribution is 6.04. The molecule has 0 saturated carbocycles. The van der Waals surface area contributed by atoms with Crippen molar-refractivity contribution < 1.29 is 9.59 Å². The summed E-state index contributed by atoms with van der Waals surface area (Å²) >= 11 is 0. The minimum Gasteiger partial charge on any atom is -0.328 e. The number of carbonyl (C=O) groups excluding carboxylic acids is 2. The average Bonchev–Trinajstić information content (AvgIpc) is 2.16. The second-order valence-electron chi connectivity index (χ2n) is 2.54. The van der Waals surface area contributed by atoms with E-state index in [1.807, 2.05) is 0 Å². The number of carbonyl (C=O) groups is 2. The van der Waals surface area contributed by atoms with Crippen molar-refractivity contribution in [2.75, 3.05) is 6.54 Å². The Morgan fingerprint density at radius 1 is 1.38 bits per heavy atom. The fourth-order valence-corrected chi connectivity index (χ4v) is 0.845. The molecule has 4 nitrogen and oxygen atoms in total. The minimum atomic E-state index is -0.456. The van der Waals surface area contributed by atoms with Gasteiger partial charge in [0.25, 0.3) is 11.8 Å². The molecular weight excluding hydrogens is 168 g/mol. The zero-order chi connectivity index (χ0) is 10.4. The van der Waals surface area contributed by atoms with Crippen molar-refractivity contribution in [3.8, 4) is 0 Å². The monoisotopic (exact) mass is 182 g/mol. The van der Waals surface area contributed by atoms with Gasteiger partial charge in [0.2, 0.25) is 0 Å². The smallest absolute Gasteiger partial charge is 0.253 e. The van der Waals surface area contributed by atoms with Crippen LogP contribution in [0.1, 0.15) is 6.92 Å². The Morgan fingerprint density at radius 3 is 2.00 bits per heavy atom. The number of nitrogens with two attached hydrogens (primary N) is 1. The van der Waals surface area contributed by atoms with Crippen LogP contribution in [0.5, 0.6) is 0 Å². The lowest BCUT2D eigenvalue weighted by Crippen LogP contribution is -2.45. The van der Waals surface area contributed by atoms with E-state index in [-0.39, 0.29) is 12.6 Å². The fourth-order valence-electron chi connectivity index (χ4n) is 0.845. The summed E-state index contributed by atoms with van der Waals surface area (Å²) in [6.45, 7) is 8.50. The molecule has 1 unspecified atom stereocenters. The lowest BCUT2D eigenvalue weighted by Gasteiger charge is -2.23. The molecule has 0 bridgehead atoms. The lowest BCUT2D eigenvalue weighted by atomic mass is 10.2. The van der Waals surface area contributed by atoms with Gasteiger partial charge in [-0.2, -0.15) is 0 Å². The van der Waals surface area contributed by atoms with Crippen LogP contribution in [-0.2, 0) is 9.59 Å². The first-order valence-electron chi connectivity index (χ1n) is 3.90. The van der Waals surface area contributed by atoms with Crippen LogP contribution in [0.15, 0.2) is 25.3 Å². The maximum Gasteiger partial charge on any atom is 0.253 e. The quantitative estimate of drug-likeness (QED) is 0.625. The van der Waals surface area contributed by atoms with Crippen LogP contribution in [0.3, 0.4) is 0 Å². The molecule has 1 atom stereocenters. The Labute approximate surface area is 77.7 Å². The van der Waals surface area contributed by atoms with Crippen molar-refractivity contribution in [3.63, 3.8) is 0 Å². The van der Waals surface area contributed by atoms with E-state index < -0.39 is 11.8 Å². The molecule has 0 heterocycles. The van der Waals surface area contributed by atoms with Gasteiger partial charge >= 0.3 is 0 Å². The Kier molecular flexibility index (Phi) is 4.69. The first kappa shape index (κ1) is 11.6. The van der Waals surface area contributed by atoms with Gasteiger partial charge in [0, 0.05) is 12.6 Å². The molecule has 0 aliphatic heterocycles. The molecule has 2 N–H and O–H groups in total. The Hall–Kier alpha value is -1.42. The summed E-state index contributed by atoms with van der Waals surface area (Å²) < 4.78 is 0. The third kappa shape index (κ3) is 2.83. The first-order chi connectivity index (χ1) is 6.08. The van der Waals surface area contributed by atoms with E-state index in [2.05, 4.69) is 13.2 Å². The first-order valence-corrected chi connectivity index (χ1v) is 3.90. The average molecular weight is 182 g/mol. The fraction of sp³-hybridized carbons (Fsp3) is 0.333. The zero-order valence-corrected chi connectivity index (χ0v) is 7.69. The standard InChI is InChI=1S/C9H14N2O2/c1-4-8(12)11(7(3)6-10)9(13)5-2/h4-5,7H,1-2,6,10H2,3H3. The van der Waals surface area contributed by atoms with E-state index in [0.29, 0.717) is 0 Å². The molecule has 0 aromatic heterocycles. The minimum absolute atomic E-state index is 0.221. The second kappa shape index (κ2) is 5.27. The van der Waals surface area contributed by atoms with Crippen molar-refractivity contribution in [1.82, 2.24) is 4.90 Å². The third-order valence-corrected chi connectivity index (χ3v) is 1.61.